The van der Waals surface area contributed by atoms with Crippen LogP contribution in [-0.4, -0.2) is 10.9 Å². The van der Waals surface area contributed by atoms with Gasteiger partial charge < -0.3 is 5.73 Å². The van der Waals surface area contributed by atoms with Crippen LogP contribution >= 0.6 is 0 Å². The Morgan fingerprint density at radius 3 is 3.00 bits per heavy atom. The Kier molecular flexibility index (Phi) is 2.06. The van der Waals surface area contributed by atoms with Gasteiger partial charge in [0.05, 0.1) is 12.1 Å². The quantitative estimate of drug-likeness (QED) is 0.645. The SMILES string of the molecule is [NH]C(=O)Cc1cc(N)ccn1. The molecule has 0 spiro atoms. The van der Waals surface area contributed by atoms with Crippen LogP contribution in [0.4, 0.5) is 5.69 Å². The molecule has 1 amide bonds. The molecule has 0 saturated carbocycles. The molecule has 0 aliphatic heterocycles. The lowest BCUT2D eigenvalue weighted by Crippen LogP contribution is -2.04. The van der Waals surface area contributed by atoms with Gasteiger partial charge in [-0.25, -0.2) is 0 Å². The van der Waals surface area contributed by atoms with Crippen molar-refractivity contribution in [1.82, 2.24) is 10.7 Å². The fourth-order valence-corrected chi connectivity index (χ4v) is 0.758. The van der Waals surface area contributed by atoms with Crippen molar-refractivity contribution >= 4 is 11.6 Å². The number of rotatable bonds is 2. The number of carbonyl (C=O) groups excluding carboxylic acids is 1. The maximum absolute atomic E-state index is 10.3. The van der Waals surface area contributed by atoms with E-state index in [-0.39, 0.29) is 6.42 Å². The standard InChI is InChI=1S/C7H8N3O/c8-5-1-2-10-6(3-5)4-7(9)11/h1-3,9H,4H2,(H2,8,10). The largest absolute Gasteiger partial charge is 0.399 e. The summed E-state index contributed by atoms with van der Waals surface area (Å²) in [5.41, 5.74) is 13.2. The van der Waals surface area contributed by atoms with Crippen molar-refractivity contribution in [2.45, 2.75) is 6.42 Å². The predicted molar refractivity (Wildman–Crippen MR) is 40.5 cm³/mol. The van der Waals surface area contributed by atoms with Gasteiger partial charge in [-0.15, -0.1) is 0 Å². The van der Waals surface area contributed by atoms with Gasteiger partial charge in [-0.2, -0.15) is 0 Å². The second-order valence-corrected chi connectivity index (χ2v) is 2.18. The van der Waals surface area contributed by atoms with Crippen molar-refractivity contribution in [3.8, 4) is 0 Å². The zero-order valence-corrected chi connectivity index (χ0v) is 5.87. The van der Waals surface area contributed by atoms with Gasteiger partial charge in [0, 0.05) is 11.9 Å². The molecule has 4 heteroatoms. The third-order valence-electron chi connectivity index (χ3n) is 1.18. The second-order valence-electron chi connectivity index (χ2n) is 2.18. The molecule has 4 nitrogen and oxygen atoms in total. The number of nitrogens with zero attached hydrogens (tertiary/aromatic N) is 1. The lowest BCUT2D eigenvalue weighted by molar-refractivity contribution is -0.118. The highest BCUT2D eigenvalue weighted by Crippen LogP contribution is 2.02. The summed E-state index contributed by atoms with van der Waals surface area (Å²) < 4.78 is 0. The van der Waals surface area contributed by atoms with E-state index in [0.29, 0.717) is 11.4 Å². The smallest absolute Gasteiger partial charge is 0.244 e. The van der Waals surface area contributed by atoms with Gasteiger partial charge in [0.2, 0.25) is 5.91 Å². The van der Waals surface area contributed by atoms with E-state index < -0.39 is 5.91 Å². The summed E-state index contributed by atoms with van der Waals surface area (Å²) in [6.07, 6.45) is 1.55. The average Bonchev–Trinajstić information content (AvgIpc) is 1.85. The number of nitrogen functional groups attached to an aromatic ring is 1. The molecule has 0 bridgehead atoms. The molecule has 0 unspecified atom stereocenters. The van der Waals surface area contributed by atoms with Gasteiger partial charge in [0.15, 0.2) is 0 Å². The fourth-order valence-electron chi connectivity index (χ4n) is 0.758. The molecule has 57 valence electrons. The number of nitrogens with one attached hydrogen (secondary N) is 1. The zero-order valence-electron chi connectivity index (χ0n) is 5.87. The molecule has 11 heavy (non-hydrogen) atoms. The first-order valence-electron chi connectivity index (χ1n) is 3.13. The molecule has 3 N–H and O–H groups in total. The number of carbonyl (C=O) groups is 1. The number of pyridine rings is 1. The maximum atomic E-state index is 10.3. The Hall–Kier alpha value is -1.58. The van der Waals surface area contributed by atoms with Crippen molar-refractivity contribution in [3.63, 3.8) is 0 Å². The number of amides is 1. The van der Waals surface area contributed by atoms with Crippen molar-refractivity contribution < 1.29 is 4.79 Å². The molecule has 0 aliphatic rings. The summed E-state index contributed by atoms with van der Waals surface area (Å²) in [6.45, 7) is 0. The summed E-state index contributed by atoms with van der Waals surface area (Å²) in [5, 5.41) is 0. The van der Waals surface area contributed by atoms with Gasteiger partial charge >= 0.3 is 0 Å². The van der Waals surface area contributed by atoms with Crippen LogP contribution in [-0.2, 0) is 11.2 Å². The lowest BCUT2D eigenvalue weighted by Gasteiger charge is -1.96. The minimum Gasteiger partial charge on any atom is -0.399 e. The summed E-state index contributed by atoms with van der Waals surface area (Å²) in [5.74, 6) is -0.650. The van der Waals surface area contributed by atoms with Gasteiger partial charge in [-0.1, -0.05) is 0 Å². The number of nitrogens with two attached hydrogens (primary N) is 1. The van der Waals surface area contributed by atoms with Crippen LogP contribution < -0.4 is 11.5 Å². The van der Waals surface area contributed by atoms with Crippen LogP contribution in [0.2, 0.25) is 0 Å². The average molecular weight is 150 g/mol. The summed E-state index contributed by atoms with van der Waals surface area (Å²) >= 11 is 0. The Labute approximate surface area is 64.2 Å². The van der Waals surface area contributed by atoms with Crippen molar-refractivity contribution in [1.29, 1.82) is 0 Å². The van der Waals surface area contributed by atoms with E-state index in [2.05, 4.69) is 4.98 Å². The highest BCUT2D eigenvalue weighted by Gasteiger charge is 1.99. The van der Waals surface area contributed by atoms with E-state index in [9.17, 15) is 4.79 Å². The first kappa shape index (κ1) is 7.53. The number of hydrogen-bond acceptors (Lipinski definition) is 3. The maximum Gasteiger partial charge on any atom is 0.244 e. The third-order valence-corrected chi connectivity index (χ3v) is 1.18. The Morgan fingerprint density at radius 2 is 2.45 bits per heavy atom. The number of hydrogen-bond donors (Lipinski definition) is 1. The molecule has 0 aromatic carbocycles. The summed E-state index contributed by atoms with van der Waals surface area (Å²) in [6, 6.07) is 3.23. The van der Waals surface area contributed by atoms with Crippen LogP contribution in [0.5, 0.6) is 0 Å². The van der Waals surface area contributed by atoms with E-state index in [0.717, 1.165) is 0 Å². The first-order chi connectivity index (χ1) is 5.18. The molecule has 1 aromatic rings. The predicted octanol–water partition coefficient (Wildman–Crippen LogP) is 0.0158. The summed E-state index contributed by atoms with van der Waals surface area (Å²) in [7, 11) is 0. The number of aromatic nitrogens is 1. The van der Waals surface area contributed by atoms with E-state index in [1.807, 2.05) is 0 Å². The Morgan fingerprint density at radius 1 is 1.73 bits per heavy atom. The topological polar surface area (TPSA) is 79.8 Å². The van der Waals surface area contributed by atoms with Crippen molar-refractivity contribution in [2.75, 3.05) is 5.73 Å². The van der Waals surface area contributed by atoms with E-state index >= 15 is 0 Å². The molecule has 0 fully saturated rings. The lowest BCUT2D eigenvalue weighted by atomic mass is 10.2. The Bertz CT molecular complexity index is 272. The van der Waals surface area contributed by atoms with Crippen LogP contribution in [0.1, 0.15) is 5.69 Å². The molecular weight excluding hydrogens is 142 g/mol. The molecule has 1 aromatic heterocycles. The van der Waals surface area contributed by atoms with E-state index in [1.165, 1.54) is 6.20 Å². The number of anilines is 1. The minimum absolute atomic E-state index is 0.0328. The molecule has 0 saturated heterocycles. The van der Waals surface area contributed by atoms with E-state index in [4.69, 9.17) is 11.5 Å². The Balaban J connectivity index is 2.79. The highest BCUT2D eigenvalue weighted by atomic mass is 16.1. The highest BCUT2D eigenvalue weighted by molar-refractivity contribution is 5.75. The van der Waals surface area contributed by atoms with Gasteiger partial charge in [0.25, 0.3) is 0 Å². The summed E-state index contributed by atoms with van der Waals surface area (Å²) in [4.78, 5) is 14.2. The van der Waals surface area contributed by atoms with Crippen LogP contribution in [0.25, 0.3) is 0 Å². The monoisotopic (exact) mass is 150 g/mol. The molecule has 0 atom stereocenters. The van der Waals surface area contributed by atoms with E-state index in [1.54, 1.807) is 12.1 Å². The third kappa shape index (κ3) is 2.25. The van der Waals surface area contributed by atoms with Crippen molar-refractivity contribution in [3.05, 3.63) is 24.0 Å². The van der Waals surface area contributed by atoms with Gasteiger partial charge in [-0.3, -0.25) is 15.5 Å². The molecule has 1 heterocycles. The van der Waals surface area contributed by atoms with Crippen LogP contribution in [0, 0.1) is 0 Å². The minimum atomic E-state index is -0.650. The second kappa shape index (κ2) is 3.01. The van der Waals surface area contributed by atoms with Crippen LogP contribution in [0.15, 0.2) is 18.3 Å². The van der Waals surface area contributed by atoms with Crippen LogP contribution in [0.3, 0.4) is 0 Å². The first-order valence-corrected chi connectivity index (χ1v) is 3.13. The van der Waals surface area contributed by atoms with Gasteiger partial charge in [0.1, 0.15) is 0 Å². The zero-order chi connectivity index (χ0) is 8.27. The molecular formula is C7H8N3O. The molecule has 1 rings (SSSR count). The van der Waals surface area contributed by atoms with Gasteiger partial charge in [-0.05, 0) is 12.1 Å². The molecule has 1 radical (unpaired) electrons. The fraction of sp³-hybridized carbons (Fsp3) is 0.143. The van der Waals surface area contributed by atoms with Crippen molar-refractivity contribution in [2.24, 2.45) is 0 Å². The molecule has 0 aliphatic carbocycles. The normalized spacial score (nSPS) is 9.45.